The average molecular weight is 186 g/mol. The summed E-state index contributed by atoms with van der Waals surface area (Å²) in [5, 5.41) is 8.63. The van der Waals surface area contributed by atoms with E-state index in [2.05, 4.69) is 0 Å². The molecule has 0 aliphatic rings. The van der Waals surface area contributed by atoms with Gasteiger partial charge >= 0.3 is 0 Å². The van der Waals surface area contributed by atoms with Crippen molar-refractivity contribution in [1.82, 2.24) is 0 Å². The predicted molar refractivity (Wildman–Crippen MR) is 49.0 cm³/mol. The van der Waals surface area contributed by atoms with E-state index < -0.39 is 0 Å². The molecule has 1 nitrogen and oxygen atoms in total. The number of hydrogen-bond acceptors (Lipinski definition) is 2. The third-order valence-corrected chi connectivity index (χ3v) is 2.36. The number of hydrogen-bond donors (Lipinski definition) is 1. The third-order valence-electron chi connectivity index (χ3n) is 1.63. The van der Waals surface area contributed by atoms with Crippen molar-refractivity contribution in [2.24, 2.45) is 0 Å². The van der Waals surface area contributed by atoms with E-state index in [1.54, 1.807) is 23.9 Å². The van der Waals surface area contributed by atoms with Gasteiger partial charge in [-0.2, -0.15) is 0 Å². The summed E-state index contributed by atoms with van der Waals surface area (Å²) in [4.78, 5) is 1.03. The van der Waals surface area contributed by atoms with Crippen LogP contribution in [0, 0.1) is 5.82 Å². The van der Waals surface area contributed by atoms with Crippen LogP contribution in [0.15, 0.2) is 23.1 Å². The van der Waals surface area contributed by atoms with Crippen LogP contribution in [0.4, 0.5) is 4.39 Å². The normalized spacial score (nSPS) is 10.2. The van der Waals surface area contributed by atoms with Gasteiger partial charge in [0.2, 0.25) is 0 Å². The number of halogens is 1. The van der Waals surface area contributed by atoms with Gasteiger partial charge in [-0.15, -0.1) is 11.8 Å². The molecular weight excluding hydrogens is 175 g/mol. The molecule has 0 spiro atoms. The number of aliphatic hydroxyl groups is 1. The molecule has 0 heterocycles. The van der Waals surface area contributed by atoms with Crippen molar-refractivity contribution in [2.75, 3.05) is 12.9 Å². The summed E-state index contributed by atoms with van der Waals surface area (Å²) in [6.07, 6.45) is 2.33. The Bertz CT molecular complexity index is 263. The number of rotatable bonds is 3. The van der Waals surface area contributed by atoms with Crippen molar-refractivity contribution in [3.63, 3.8) is 0 Å². The van der Waals surface area contributed by atoms with Crippen molar-refractivity contribution in [2.45, 2.75) is 11.3 Å². The van der Waals surface area contributed by atoms with Crippen LogP contribution in [0.25, 0.3) is 0 Å². The van der Waals surface area contributed by atoms with Gasteiger partial charge in [0, 0.05) is 11.5 Å². The first-order valence-corrected chi connectivity index (χ1v) is 4.93. The Morgan fingerprint density at radius 2 is 2.25 bits per heavy atom. The molecule has 0 aliphatic heterocycles. The monoisotopic (exact) mass is 186 g/mol. The van der Waals surface area contributed by atoms with Crippen molar-refractivity contribution >= 4 is 11.8 Å². The van der Waals surface area contributed by atoms with E-state index in [1.807, 2.05) is 6.26 Å². The van der Waals surface area contributed by atoms with Crippen LogP contribution in [0.1, 0.15) is 5.56 Å². The quantitative estimate of drug-likeness (QED) is 0.729. The van der Waals surface area contributed by atoms with E-state index in [1.165, 1.54) is 6.07 Å². The summed E-state index contributed by atoms with van der Waals surface area (Å²) in [5.41, 5.74) is 0.587. The minimum absolute atomic E-state index is 0.00520. The van der Waals surface area contributed by atoms with Crippen LogP contribution < -0.4 is 0 Å². The zero-order chi connectivity index (χ0) is 8.97. The number of aliphatic hydroxyl groups excluding tert-OH is 1. The molecule has 0 amide bonds. The summed E-state index contributed by atoms with van der Waals surface area (Å²) in [6, 6.07) is 4.95. The lowest BCUT2D eigenvalue weighted by Crippen LogP contribution is -1.94. The lowest BCUT2D eigenvalue weighted by atomic mass is 10.1. The Morgan fingerprint density at radius 1 is 1.50 bits per heavy atom. The van der Waals surface area contributed by atoms with Crippen molar-refractivity contribution in [1.29, 1.82) is 0 Å². The topological polar surface area (TPSA) is 20.2 Å². The van der Waals surface area contributed by atoms with Gasteiger partial charge < -0.3 is 5.11 Å². The summed E-state index contributed by atoms with van der Waals surface area (Å²) in [5.74, 6) is -0.234. The number of benzene rings is 1. The molecule has 0 atom stereocenters. The molecule has 0 unspecified atom stereocenters. The Labute approximate surface area is 75.6 Å². The molecular formula is C9H11FOS. The predicted octanol–water partition coefficient (Wildman–Crippen LogP) is 2.08. The summed E-state index contributed by atoms with van der Waals surface area (Å²) in [7, 11) is 0. The molecule has 1 aromatic rings. The third kappa shape index (κ3) is 2.22. The van der Waals surface area contributed by atoms with E-state index >= 15 is 0 Å². The summed E-state index contributed by atoms with van der Waals surface area (Å²) in [6.45, 7) is -0.00520. The van der Waals surface area contributed by atoms with Gasteiger partial charge in [-0.3, -0.25) is 0 Å². The summed E-state index contributed by atoms with van der Waals surface area (Å²) < 4.78 is 13.0. The molecule has 12 heavy (non-hydrogen) atoms. The smallest absolute Gasteiger partial charge is 0.126 e. The van der Waals surface area contributed by atoms with Crippen LogP contribution in [0.2, 0.25) is 0 Å². The molecule has 1 aromatic carbocycles. The van der Waals surface area contributed by atoms with Gasteiger partial charge in [-0.25, -0.2) is 4.39 Å². The van der Waals surface area contributed by atoms with E-state index in [9.17, 15) is 4.39 Å². The van der Waals surface area contributed by atoms with Gasteiger partial charge in [0.15, 0.2) is 0 Å². The highest BCUT2D eigenvalue weighted by Crippen LogP contribution is 2.18. The van der Waals surface area contributed by atoms with Gasteiger partial charge in [-0.05, 0) is 36.4 Å². The first-order valence-electron chi connectivity index (χ1n) is 3.71. The maximum Gasteiger partial charge on any atom is 0.126 e. The van der Waals surface area contributed by atoms with Crippen molar-refractivity contribution in [3.05, 3.63) is 29.6 Å². The molecule has 0 aromatic heterocycles. The van der Waals surface area contributed by atoms with Crippen LogP contribution in [-0.4, -0.2) is 18.0 Å². The average Bonchev–Trinajstić information content (AvgIpc) is 2.09. The molecule has 0 radical (unpaired) electrons. The van der Waals surface area contributed by atoms with Crippen LogP contribution >= 0.6 is 11.8 Å². The van der Waals surface area contributed by atoms with Crippen molar-refractivity contribution in [3.8, 4) is 0 Å². The highest BCUT2D eigenvalue weighted by atomic mass is 32.2. The number of thioether (sulfide) groups is 1. The SMILES string of the molecule is CSc1ccc(F)c(CCO)c1. The first-order chi connectivity index (χ1) is 5.77. The second kappa shape index (κ2) is 4.48. The Hall–Kier alpha value is -0.540. The van der Waals surface area contributed by atoms with E-state index in [0.717, 1.165) is 4.90 Å². The molecule has 0 bridgehead atoms. The van der Waals surface area contributed by atoms with Crippen LogP contribution in [-0.2, 0) is 6.42 Å². The molecule has 0 saturated heterocycles. The highest BCUT2D eigenvalue weighted by Gasteiger charge is 2.01. The zero-order valence-corrected chi connectivity index (χ0v) is 7.70. The van der Waals surface area contributed by atoms with Crippen LogP contribution in [0.3, 0.4) is 0 Å². The molecule has 0 aliphatic carbocycles. The molecule has 1 rings (SSSR count). The standard InChI is InChI=1S/C9H11FOS/c1-12-8-2-3-9(10)7(6-8)4-5-11/h2-3,6,11H,4-5H2,1H3. The molecule has 0 fully saturated rings. The maximum absolute atomic E-state index is 13.0. The zero-order valence-electron chi connectivity index (χ0n) is 6.88. The first kappa shape index (κ1) is 9.55. The fraction of sp³-hybridized carbons (Fsp3) is 0.333. The molecule has 66 valence electrons. The van der Waals surface area contributed by atoms with Gasteiger partial charge in [0.25, 0.3) is 0 Å². The molecule has 0 saturated carbocycles. The Morgan fingerprint density at radius 3 is 2.83 bits per heavy atom. The van der Waals surface area contributed by atoms with E-state index in [-0.39, 0.29) is 12.4 Å². The van der Waals surface area contributed by atoms with E-state index in [0.29, 0.717) is 12.0 Å². The van der Waals surface area contributed by atoms with Crippen LogP contribution in [0.5, 0.6) is 0 Å². The highest BCUT2D eigenvalue weighted by molar-refractivity contribution is 7.98. The van der Waals surface area contributed by atoms with Gasteiger partial charge in [-0.1, -0.05) is 0 Å². The van der Waals surface area contributed by atoms with Gasteiger partial charge in [0.1, 0.15) is 5.82 Å². The van der Waals surface area contributed by atoms with Gasteiger partial charge in [0.05, 0.1) is 0 Å². The maximum atomic E-state index is 13.0. The molecule has 1 N–H and O–H groups in total. The minimum atomic E-state index is -0.234. The lowest BCUT2D eigenvalue weighted by molar-refractivity contribution is 0.297. The minimum Gasteiger partial charge on any atom is -0.396 e. The fourth-order valence-corrected chi connectivity index (χ4v) is 1.45. The Kier molecular flexibility index (Phi) is 3.56. The van der Waals surface area contributed by atoms with Crippen molar-refractivity contribution < 1.29 is 9.50 Å². The summed E-state index contributed by atoms with van der Waals surface area (Å²) >= 11 is 1.57. The molecule has 3 heteroatoms. The fourth-order valence-electron chi connectivity index (χ4n) is 0.990. The second-order valence-electron chi connectivity index (χ2n) is 2.43. The Balaban J connectivity index is 2.91. The largest absolute Gasteiger partial charge is 0.396 e. The van der Waals surface area contributed by atoms with E-state index in [4.69, 9.17) is 5.11 Å². The lowest BCUT2D eigenvalue weighted by Gasteiger charge is -2.02. The second-order valence-corrected chi connectivity index (χ2v) is 3.31.